The van der Waals surface area contributed by atoms with Crippen molar-refractivity contribution in [3.63, 3.8) is 0 Å². The maximum Gasteiger partial charge on any atom is 0.234 e. The first-order valence-electron chi connectivity index (χ1n) is 6.37. The molecule has 106 valence electrons. The van der Waals surface area contributed by atoms with Crippen LogP contribution in [0.25, 0.3) is 0 Å². The molecular weight excluding hydrogens is 252 g/mol. The van der Waals surface area contributed by atoms with Crippen LogP contribution in [0.3, 0.4) is 0 Å². The molecule has 1 heterocycles. The molecule has 0 aromatic rings. The maximum absolute atomic E-state index is 11.8. The summed E-state index contributed by atoms with van der Waals surface area (Å²) in [6.07, 6.45) is 1.49. The molecule has 1 saturated heterocycles. The smallest absolute Gasteiger partial charge is 0.234 e. The molecule has 1 unspecified atom stereocenters. The third-order valence-electron chi connectivity index (χ3n) is 3.59. The second kappa shape index (κ2) is 5.57. The minimum Gasteiger partial charge on any atom is -0.350 e. The molecular formula is C12H24N2O3S. The molecule has 0 saturated carbocycles. The summed E-state index contributed by atoms with van der Waals surface area (Å²) in [7, 11) is -1.08. The van der Waals surface area contributed by atoms with E-state index in [1.165, 1.54) is 0 Å². The van der Waals surface area contributed by atoms with Crippen molar-refractivity contribution in [1.82, 2.24) is 10.2 Å². The van der Waals surface area contributed by atoms with Gasteiger partial charge in [0.1, 0.15) is 0 Å². The Kier molecular flexibility index (Phi) is 4.78. The highest BCUT2D eigenvalue weighted by atomic mass is 32.2. The lowest BCUT2D eigenvalue weighted by Gasteiger charge is -2.28. The van der Waals surface area contributed by atoms with Gasteiger partial charge in [-0.2, -0.15) is 0 Å². The van der Waals surface area contributed by atoms with Gasteiger partial charge in [-0.1, -0.05) is 6.92 Å². The first-order chi connectivity index (χ1) is 8.15. The van der Waals surface area contributed by atoms with Crippen LogP contribution in [0.1, 0.15) is 33.6 Å². The number of hydrogen-bond acceptors (Lipinski definition) is 4. The molecule has 1 atom stereocenters. The number of nitrogens with zero attached hydrogens (tertiary/aromatic N) is 1. The van der Waals surface area contributed by atoms with E-state index >= 15 is 0 Å². The van der Waals surface area contributed by atoms with Crippen LogP contribution in [0.4, 0.5) is 0 Å². The number of carbonyl (C=O) groups is 1. The predicted molar refractivity (Wildman–Crippen MR) is 72.2 cm³/mol. The molecule has 0 aromatic carbocycles. The molecule has 0 aromatic heterocycles. The van der Waals surface area contributed by atoms with E-state index in [4.69, 9.17) is 0 Å². The van der Waals surface area contributed by atoms with Gasteiger partial charge in [0.15, 0.2) is 9.84 Å². The van der Waals surface area contributed by atoms with Crippen LogP contribution in [0.15, 0.2) is 0 Å². The fourth-order valence-corrected chi connectivity index (χ4v) is 3.79. The Bertz CT molecular complexity index is 404. The van der Waals surface area contributed by atoms with Gasteiger partial charge in [0, 0.05) is 11.6 Å². The van der Waals surface area contributed by atoms with Crippen LogP contribution in [0.2, 0.25) is 0 Å². The standard InChI is InChI=1S/C12H24N2O3S/c1-5-12(2,3)13-11(15)8-14(4)10-6-7-18(16,17)9-10/h10H,5-9H2,1-4H3,(H,13,15). The summed E-state index contributed by atoms with van der Waals surface area (Å²) < 4.78 is 22.8. The highest BCUT2D eigenvalue weighted by Crippen LogP contribution is 2.16. The number of amides is 1. The van der Waals surface area contributed by atoms with Crippen molar-refractivity contribution in [3.8, 4) is 0 Å². The summed E-state index contributed by atoms with van der Waals surface area (Å²) in [5.41, 5.74) is -0.209. The monoisotopic (exact) mass is 276 g/mol. The van der Waals surface area contributed by atoms with Crippen molar-refractivity contribution in [1.29, 1.82) is 0 Å². The summed E-state index contributed by atoms with van der Waals surface area (Å²) >= 11 is 0. The normalized spacial score (nSPS) is 23.3. The Balaban J connectivity index is 2.46. The number of likely N-dealkylation sites (N-methyl/N-ethyl adjacent to an activating group) is 1. The van der Waals surface area contributed by atoms with Crippen molar-refractivity contribution >= 4 is 15.7 Å². The van der Waals surface area contributed by atoms with Gasteiger partial charge in [0.05, 0.1) is 18.1 Å². The van der Waals surface area contributed by atoms with Gasteiger partial charge in [-0.15, -0.1) is 0 Å². The molecule has 1 aliphatic rings. The van der Waals surface area contributed by atoms with Crippen molar-refractivity contribution in [2.45, 2.75) is 45.2 Å². The van der Waals surface area contributed by atoms with E-state index in [9.17, 15) is 13.2 Å². The topological polar surface area (TPSA) is 66.5 Å². The highest BCUT2D eigenvalue weighted by molar-refractivity contribution is 7.91. The van der Waals surface area contributed by atoms with E-state index in [2.05, 4.69) is 5.32 Å². The first kappa shape index (κ1) is 15.4. The maximum atomic E-state index is 11.8. The first-order valence-corrected chi connectivity index (χ1v) is 8.19. The third kappa shape index (κ3) is 4.57. The van der Waals surface area contributed by atoms with Gasteiger partial charge < -0.3 is 5.32 Å². The zero-order valence-electron chi connectivity index (χ0n) is 11.7. The number of sulfone groups is 1. The van der Waals surface area contributed by atoms with Gasteiger partial charge in [-0.3, -0.25) is 9.69 Å². The summed E-state index contributed by atoms with van der Waals surface area (Å²) in [5.74, 6) is 0.367. The number of nitrogens with one attached hydrogen (secondary N) is 1. The molecule has 0 spiro atoms. The summed E-state index contributed by atoms with van der Waals surface area (Å²) in [6, 6.07) is -0.0227. The van der Waals surface area contributed by atoms with E-state index in [0.717, 1.165) is 6.42 Å². The van der Waals surface area contributed by atoms with E-state index in [1.807, 2.05) is 32.7 Å². The molecule has 1 rings (SSSR count). The Morgan fingerprint density at radius 2 is 2.06 bits per heavy atom. The molecule has 18 heavy (non-hydrogen) atoms. The summed E-state index contributed by atoms with van der Waals surface area (Å²) in [5, 5.41) is 2.95. The van der Waals surface area contributed by atoms with Gasteiger partial charge in [-0.05, 0) is 33.7 Å². The molecule has 0 bridgehead atoms. The Labute approximate surface area is 110 Å². The summed E-state index contributed by atoms with van der Waals surface area (Å²) in [4.78, 5) is 13.7. The molecule has 0 radical (unpaired) electrons. The zero-order valence-corrected chi connectivity index (χ0v) is 12.5. The van der Waals surface area contributed by atoms with Crippen LogP contribution in [-0.4, -0.2) is 55.9 Å². The van der Waals surface area contributed by atoms with Gasteiger partial charge in [0.2, 0.25) is 5.91 Å². The quantitative estimate of drug-likeness (QED) is 0.790. The predicted octanol–water partition coefficient (Wildman–Crippen LogP) is 0.410. The van der Waals surface area contributed by atoms with Crippen LogP contribution in [0.5, 0.6) is 0 Å². The van der Waals surface area contributed by atoms with Gasteiger partial charge >= 0.3 is 0 Å². The Morgan fingerprint density at radius 3 is 2.50 bits per heavy atom. The molecule has 5 nitrogen and oxygen atoms in total. The molecule has 1 fully saturated rings. The minimum absolute atomic E-state index is 0.0227. The van der Waals surface area contributed by atoms with E-state index < -0.39 is 9.84 Å². The molecule has 1 amide bonds. The molecule has 6 heteroatoms. The second-order valence-corrected chi connectivity index (χ2v) is 7.99. The lowest BCUT2D eigenvalue weighted by atomic mass is 10.0. The average Bonchev–Trinajstić information content (AvgIpc) is 2.58. The Hall–Kier alpha value is -0.620. The number of hydrogen-bond donors (Lipinski definition) is 1. The molecule has 1 N–H and O–H groups in total. The van der Waals surface area contributed by atoms with Crippen LogP contribution < -0.4 is 5.32 Å². The third-order valence-corrected chi connectivity index (χ3v) is 5.34. The van der Waals surface area contributed by atoms with Crippen molar-refractivity contribution in [2.24, 2.45) is 0 Å². The van der Waals surface area contributed by atoms with Gasteiger partial charge in [0.25, 0.3) is 0 Å². The average molecular weight is 276 g/mol. The van der Waals surface area contributed by atoms with Crippen molar-refractivity contribution in [2.75, 3.05) is 25.1 Å². The SMILES string of the molecule is CCC(C)(C)NC(=O)CN(C)C1CCS(=O)(=O)C1. The lowest BCUT2D eigenvalue weighted by molar-refractivity contribution is -0.124. The zero-order chi connectivity index (χ0) is 14.0. The number of carbonyl (C=O) groups excluding carboxylic acids is 1. The van der Waals surface area contributed by atoms with Crippen LogP contribution in [-0.2, 0) is 14.6 Å². The number of rotatable bonds is 5. The second-order valence-electron chi connectivity index (χ2n) is 5.76. The Morgan fingerprint density at radius 1 is 1.44 bits per heavy atom. The van der Waals surface area contributed by atoms with Crippen molar-refractivity contribution in [3.05, 3.63) is 0 Å². The summed E-state index contributed by atoms with van der Waals surface area (Å²) in [6.45, 7) is 6.23. The fourth-order valence-electron chi connectivity index (χ4n) is 1.98. The molecule has 0 aliphatic carbocycles. The molecule has 1 aliphatic heterocycles. The highest BCUT2D eigenvalue weighted by Gasteiger charge is 2.31. The van der Waals surface area contributed by atoms with E-state index in [0.29, 0.717) is 6.42 Å². The van der Waals surface area contributed by atoms with Crippen molar-refractivity contribution < 1.29 is 13.2 Å². The van der Waals surface area contributed by atoms with E-state index in [1.54, 1.807) is 0 Å². The van der Waals surface area contributed by atoms with Crippen LogP contribution >= 0.6 is 0 Å². The van der Waals surface area contributed by atoms with E-state index in [-0.39, 0.29) is 35.5 Å². The van der Waals surface area contributed by atoms with Gasteiger partial charge in [-0.25, -0.2) is 8.42 Å². The lowest BCUT2D eigenvalue weighted by Crippen LogP contribution is -2.48. The van der Waals surface area contributed by atoms with Crippen LogP contribution in [0, 0.1) is 0 Å². The fraction of sp³-hybridized carbons (Fsp3) is 0.917. The largest absolute Gasteiger partial charge is 0.350 e. The minimum atomic E-state index is -2.89.